The van der Waals surface area contributed by atoms with E-state index in [4.69, 9.17) is 19.2 Å². The fourth-order valence-electron chi connectivity index (χ4n) is 6.94. The number of carbonyl (C=O) groups excluding carboxylic acids is 5. The lowest BCUT2D eigenvalue weighted by Crippen LogP contribution is -2.57. The average Bonchev–Trinajstić information content (AvgIpc) is 3.65. The number of methoxy groups -OCH3 is 1. The van der Waals surface area contributed by atoms with E-state index < -0.39 is 90.4 Å². The van der Waals surface area contributed by atoms with Gasteiger partial charge in [-0.15, -0.1) is 0 Å². The maximum atomic E-state index is 14.5. The van der Waals surface area contributed by atoms with Crippen LogP contribution in [0.2, 0.25) is 0 Å². The van der Waals surface area contributed by atoms with E-state index in [1.54, 1.807) is 77.6 Å². The molecule has 0 spiro atoms. The van der Waals surface area contributed by atoms with Crippen LogP contribution >= 0.6 is 0 Å². The zero-order chi connectivity index (χ0) is 47.1. The van der Waals surface area contributed by atoms with Crippen molar-refractivity contribution in [3.63, 3.8) is 0 Å². The Labute approximate surface area is 372 Å². The smallest absolute Gasteiger partial charge is 0.408 e. The van der Waals surface area contributed by atoms with E-state index in [0.29, 0.717) is 34.5 Å². The van der Waals surface area contributed by atoms with Crippen molar-refractivity contribution in [2.24, 2.45) is 5.92 Å². The Bertz CT molecular complexity index is 2600. The molecule has 4 aromatic rings. The van der Waals surface area contributed by atoms with E-state index in [1.807, 2.05) is 35.1 Å². The Morgan fingerprint density at radius 3 is 2.16 bits per heavy atom. The number of rotatable bonds is 16. The monoisotopic (exact) mass is 922 g/mol. The Kier molecular flexibility index (Phi) is 15.3. The first-order valence-corrected chi connectivity index (χ1v) is 23.9. The van der Waals surface area contributed by atoms with Crippen LogP contribution in [0.4, 0.5) is 4.79 Å². The number of alkyl carbamates (subject to hydrolysis) is 1. The summed E-state index contributed by atoms with van der Waals surface area (Å²) in [4.78, 5) is 73.5. The van der Waals surface area contributed by atoms with Crippen molar-refractivity contribution in [2.45, 2.75) is 95.5 Å². The number of nitrogens with zero attached hydrogens (tertiary/aromatic N) is 2. The summed E-state index contributed by atoms with van der Waals surface area (Å²) in [6.07, 6.45) is -0.579. The largest absolute Gasteiger partial charge is 0.497 e. The van der Waals surface area contributed by atoms with Crippen LogP contribution in [0.1, 0.15) is 71.2 Å². The van der Waals surface area contributed by atoms with Gasteiger partial charge in [0.1, 0.15) is 41.3 Å². The van der Waals surface area contributed by atoms with Crippen molar-refractivity contribution in [1.29, 1.82) is 0 Å². The van der Waals surface area contributed by atoms with Crippen molar-refractivity contribution in [1.82, 2.24) is 30.0 Å². The number of sulfonamides is 2. The molecule has 344 valence electrons. The second-order valence-electron chi connectivity index (χ2n) is 16.7. The highest BCUT2D eigenvalue weighted by Crippen LogP contribution is 2.35. The summed E-state index contributed by atoms with van der Waals surface area (Å²) < 4.78 is 71.0. The number of pyridine rings is 1. The number of fused-ring (bicyclic) bond motifs is 1. The Hall–Kier alpha value is -6.28. The fourth-order valence-corrected chi connectivity index (χ4v) is 8.41. The maximum absolute atomic E-state index is 14.5. The van der Waals surface area contributed by atoms with Crippen LogP contribution < -0.4 is 29.6 Å². The van der Waals surface area contributed by atoms with E-state index in [-0.39, 0.29) is 24.9 Å². The van der Waals surface area contributed by atoms with Crippen LogP contribution in [-0.4, -0.2) is 106 Å². The van der Waals surface area contributed by atoms with Gasteiger partial charge in [0.2, 0.25) is 21.8 Å². The summed E-state index contributed by atoms with van der Waals surface area (Å²) in [6, 6.07) is 16.9. The number of hydrogen-bond acceptors (Lipinski definition) is 13. The number of likely N-dealkylation sites (tertiary alicyclic amines) is 1. The lowest BCUT2D eigenvalue weighted by molar-refractivity contribution is -0.141. The fraction of sp³-hybridized carbons (Fsp3) is 0.409. The molecule has 4 N–H and O–H groups in total. The van der Waals surface area contributed by atoms with Crippen molar-refractivity contribution in [3.05, 3.63) is 84.4 Å². The van der Waals surface area contributed by atoms with Gasteiger partial charge >= 0.3 is 6.09 Å². The van der Waals surface area contributed by atoms with Gasteiger partial charge in [-0.3, -0.25) is 19.2 Å². The first-order chi connectivity index (χ1) is 30.0. The lowest BCUT2D eigenvalue weighted by atomic mass is 10.0. The Balaban J connectivity index is 1.45. The molecule has 3 aromatic carbocycles. The van der Waals surface area contributed by atoms with Gasteiger partial charge in [-0.05, 0) is 69.5 Å². The normalized spacial score (nSPS) is 16.4. The van der Waals surface area contributed by atoms with Crippen molar-refractivity contribution in [3.8, 4) is 22.8 Å². The van der Waals surface area contributed by atoms with Crippen molar-refractivity contribution in [2.75, 3.05) is 19.9 Å². The topological polar surface area (TPSA) is 246 Å². The number of hydrogen-bond donors (Lipinski definition) is 4. The molecule has 0 saturated carbocycles. The minimum absolute atomic E-state index is 0.00182. The minimum Gasteiger partial charge on any atom is -0.497 e. The minimum atomic E-state index is -4.56. The van der Waals surface area contributed by atoms with E-state index in [0.717, 1.165) is 36.1 Å². The van der Waals surface area contributed by atoms with E-state index in [9.17, 15) is 40.8 Å². The van der Waals surface area contributed by atoms with E-state index in [1.165, 1.54) is 4.90 Å². The molecule has 4 atom stereocenters. The number of aromatic nitrogens is 1. The van der Waals surface area contributed by atoms with Gasteiger partial charge in [0.25, 0.3) is 21.8 Å². The maximum Gasteiger partial charge on any atom is 0.408 e. The summed E-state index contributed by atoms with van der Waals surface area (Å²) >= 11 is 0. The van der Waals surface area contributed by atoms with Crippen LogP contribution in [-0.2, 0) is 39.2 Å². The summed E-state index contributed by atoms with van der Waals surface area (Å²) in [5, 5.41) is 5.93. The second kappa shape index (κ2) is 20.0. The number of benzene rings is 3. The molecule has 0 bridgehead atoms. The van der Waals surface area contributed by atoms with Crippen molar-refractivity contribution < 1.29 is 55.0 Å². The molecular weight excluding hydrogens is 869 g/mol. The molecule has 0 unspecified atom stereocenters. The predicted octanol–water partition coefficient (Wildman–Crippen LogP) is 4.29. The van der Waals surface area contributed by atoms with Gasteiger partial charge in [-0.1, -0.05) is 57.5 Å². The van der Waals surface area contributed by atoms with Gasteiger partial charge in [0, 0.05) is 35.1 Å². The number of amides is 5. The Morgan fingerprint density at radius 2 is 1.56 bits per heavy atom. The van der Waals surface area contributed by atoms with Gasteiger partial charge in [-0.2, -0.15) is 0 Å². The SMILES string of the molecule is CCC[C@H](NC(=O)[C@@H]1C[C@@H](Oc2cc(-c3ccccc3)nc3cc(OC)ccc23)CN1C(=O)[C@@H](NC(=O)OC(C)(C)C)C(C)C)C(=O)NS(=O)(=O)c1ccc(C(=O)NS(C)(=O)=O)cc1. The highest BCUT2D eigenvalue weighted by Gasteiger charge is 2.45. The standard InChI is InChI=1S/C44H54N6O12S2/c1-9-13-33(40(52)49-64(58,59)31-19-16-28(17-20-31)39(51)48-63(8,56)57)46-41(53)36-23-30(25-50(36)42(54)38(26(2)3)47-43(55)62-44(4,5)6)61-37-24-34(27-14-11-10-12-15-27)45-35-22-29(60-7)18-21-32(35)37/h10-12,14-22,24,26,30,33,36,38H,9,13,23,25H2,1-8H3,(H,46,53)(H,47,55)(H,48,51)(H,49,52)/t30-,33+,36+,38+/m1/s1. The third-order valence-electron chi connectivity index (χ3n) is 9.95. The molecule has 0 radical (unpaired) electrons. The van der Waals surface area contributed by atoms with Gasteiger partial charge in [0.15, 0.2) is 0 Å². The first-order valence-electron chi connectivity index (χ1n) is 20.5. The second-order valence-corrected chi connectivity index (χ2v) is 20.1. The van der Waals surface area contributed by atoms with E-state index >= 15 is 0 Å². The highest BCUT2D eigenvalue weighted by atomic mass is 32.2. The lowest BCUT2D eigenvalue weighted by Gasteiger charge is -2.31. The van der Waals surface area contributed by atoms with Crippen LogP contribution in [0.15, 0.2) is 83.8 Å². The van der Waals surface area contributed by atoms with Crippen molar-refractivity contribution >= 4 is 60.7 Å². The number of nitrogens with one attached hydrogen (secondary N) is 4. The van der Waals surface area contributed by atoms with Gasteiger partial charge < -0.3 is 29.7 Å². The van der Waals surface area contributed by atoms with Gasteiger partial charge in [0.05, 0.1) is 36.0 Å². The molecule has 20 heteroatoms. The molecule has 64 heavy (non-hydrogen) atoms. The van der Waals surface area contributed by atoms with Crippen LogP contribution in [0.25, 0.3) is 22.2 Å². The van der Waals surface area contributed by atoms with E-state index in [2.05, 4.69) is 10.6 Å². The molecule has 5 rings (SSSR count). The molecule has 0 aliphatic carbocycles. The third kappa shape index (κ3) is 12.7. The summed E-state index contributed by atoms with van der Waals surface area (Å²) in [6.45, 7) is 10.1. The average molecular weight is 923 g/mol. The zero-order valence-corrected chi connectivity index (χ0v) is 38.5. The summed E-state index contributed by atoms with van der Waals surface area (Å²) in [5.41, 5.74) is 0.938. The summed E-state index contributed by atoms with van der Waals surface area (Å²) in [7, 11) is -6.91. The molecule has 18 nitrogen and oxygen atoms in total. The molecule has 1 aliphatic rings. The molecule has 2 heterocycles. The molecular formula is C44H54N6O12S2. The third-order valence-corrected chi connectivity index (χ3v) is 11.9. The van der Waals surface area contributed by atoms with Gasteiger partial charge in [-0.25, -0.2) is 36.1 Å². The number of carbonyl (C=O) groups is 5. The zero-order valence-electron chi connectivity index (χ0n) is 36.8. The van der Waals surface area contributed by atoms with Crippen LogP contribution in [0, 0.1) is 5.92 Å². The highest BCUT2D eigenvalue weighted by molar-refractivity contribution is 7.90. The molecule has 5 amide bonds. The molecule has 1 aliphatic heterocycles. The first kappa shape index (κ1) is 48.7. The number of ether oxygens (including phenoxy) is 3. The molecule has 1 fully saturated rings. The Morgan fingerprint density at radius 1 is 0.891 bits per heavy atom. The quantitative estimate of drug-likeness (QED) is 0.123. The van der Waals surface area contributed by atoms with Crippen LogP contribution in [0.3, 0.4) is 0 Å². The van der Waals surface area contributed by atoms with Crippen LogP contribution in [0.5, 0.6) is 11.5 Å². The predicted molar refractivity (Wildman–Crippen MR) is 237 cm³/mol. The summed E-state index contributed by atoms with van der Waals surface area (Å²) in [5.74, 6) is -2.94. The molecule has 1 saturated heterocycles. The molecule has 1 aromatic heterocycles.